The number of nitrogens with one attached hydrogen (secondary N) is 1. The average Bonchev–Trinajstić information content (AvgIpc) is 3.00. The first kappa shape index (κ1) is 14.6. The molecule has 0 amide bonds. The molecule has 4 heteroatoms. The minimum absolute atomic E-state index is 0.111. The number of nitrogens with two attached hydrogens (primary N) is 1. The van der Waals surface area contributed by atoms with Crippen molar-refractivity contribution in [3.63, 3.8) is 0 Å². The van der Waals surface area contributed by atoms with Gasteiger partial charge in [-0.3, -0.25) is 11.3 Å². The van der Waals surface area contributed by atoms with Crippen LogP contribution in [0.1, 0.15) is 37.1 Å². The summed E-state index contributed by atoms with van der Waals surface area (Å²) in [4.78, 5) is 0. The number of hydrazine groups is 1. The van der Waals surface area contributed by atoms with E-state index in [0.717, 1.165) is 42.9 Å². The number of furan rings is 1. The normalized spacial score (nSPS) is 12.3. The molecule has 20 heavy (non-hydrogen) atoms. The molecule has 1 atom stereocenters. The van der Waals surface area contributed by atoms with Crippen LogP contribution in [0.2, 0.25) is 0 Å². The molecule has 0 radical (unpaired) electrons. The summed E-state index contributed by atoms with van der Waals surface area (Å²) < 4.78 is 10.9. The predicted octanol–water partition coefficient (Wildman–Crippen LogP) is 3.21. The lowest BCUT2D eigenvalue weighted by Crippen LogP contribution is -2.28. The maximum atomic E-state index is 5.65. The number of benzene rings is 1. The molecule has 0 saturated carbocycles. The average molecular weight is 274 g/mol. The van der Waals surface area contributed by atoms with E-state index in [1.54, 1.807) is 6.26 Å². The highest BCUT2D eigenvalue weighted by atomic mass is 16.5. The molecule has 0 spiro atoms. The fraction of sp³-hybridized carbons (Fsp3) is 0.375. The van der Waals surface area contributed by atoms with Gasteiger partial charge in [0.1, 0.15) is 11.5 Å². The highest BCUT2D eigenvalue weighted by molar-refractivity contribution is 5.29. The first-order chi connectivity index (χ1) is 9.83. The minimum atomic E-state index is 0.111. The molecule has 4 nitrogen and oxygen atoms in total. The fourth-order valence-electron chi connectivity index (χ4n) is 2.10. The molecule has 3 N–H and O–H groups in total. The molecule has 1 heterocycles. The highest BCUT2D eigenvalue weighted by Crippen LogP contribution is 2.21. The van der Waals surface area contributed by atoms with Gasteiger partial charge in [-0.2, -0.15) is 0 Å². The molecule has 1 aromatic carbocycles. The van der Waals surface area contributed by atoms with Crippen molar-refractivity contribution in [1.29, 1.82) is 0 Å². The Balaban J connectivity index is 1.92. The van der Waals surface area contributed by atoms with Crippen molar-refractivity contribution in [2.75, 3.05) is 6.61 Å². The number of hydrogen-bond acceptors (Lipinski definition) is 4. The Bertz CT molecular complexity index is 480. The van der Waals surface area contributed by atoms with Crippen LogP contribution in [0.3, 0.4) is 0 Å². The third-order valence-electron chi connectivity index (χ3n) is 3.22. The van der Waals surface area contributed by atoms with Crippen LogP contribution >= 0.6 is 0 Å². The Morgan fingerprint density at radius 1 is 1.25 bits per heavy atom. The van der Waals surface area contributed by atoms with Crippen molar-refractivity contribution < 1.29 is 9.15 Å². The van der Waals surface area contributed by atoms with Crippen LogP contribution in [-0.4, -0.2) is 6.61 Å². The van der Waals surface area contributed by atoms with Gasteiger partial charge in [-0.1, -0.05) is 19.1 Å². The van der Waals surface area contributed by atoms with Crippen LogP contribution in [0.4, 0.5) is 0 Å². The zero-order valence-electron chi connectivity index (χ0n) is 11.8. The number of ether oxygens (including phenoxy) is 1. The Morgan fingerprint density at radius 3 is 2.65 bits per heavy atom. The lowest BCUT2D eigenvalue weighted by Gasteiger charge is -2.16. The lowest BCUT2D eigenvalue weighted by molar-refractivity contribution is 0.317. The van der Waals surface area contributed by atoms with Crippen molar-refractivity contribution in [3.05, 3.63) is 54.0 Å². The van der Waals surface area contributed by atoms with E-state index in [1.165, 1.54) is 0 Å². The molecule has 1 aromatic heterocycles. The summed E-state index contributed by atoms with van der Waals surface area (Å²) in [6.07, 6.45) is 4.45. The second-order valence-electron chi connectivity index (χ2n) is 4.75. The van der Waals surface area contributed by atoms with E-state index < -0.39 is 0 Å². The van der Waals surface area contributed by atoms with Crippen LogP contribution in [0.15, 0.2) is 47.1 Å². The highest BCUT2D eigenvalue weighted by Gasteiger charge is 2.10. The lowest BCUT2D eigenvalue weighted by atomic mass is 10.0. The van der Waals surface area contributed by atoms with Gasteiger partial charge in [0.25, 0.3) is 0 Å². The Morgan fingerprint density at radius 2 is 2.05 bits per heavy atom. The predicted molar refractivity (Wildman–Crippen MR) is 79.3 cm³/mol. The molecular formula is C16H22N2O2. The SMILES string of the molecule is CCCOc1ccc(C(CCc2ccco2)NN)cc1. The van der Waals surface area contributed by atoms with Gasteiger partial charge in [0, 0.05) is 12.5 Å². The molecule has 0 aliphatic rings. The van der Waals surface area contributed by atoms with Gasteiger partial charge in [-0.15, -0.1) is 0 Å². The molecule has 0 fully saturated rings. The maximum absolute atomic E-state index is 5.65. The smallest absolute Gasteiger partial charge is 0.119 e. The molecule has 2 aromatic rings. The van der Waals surface area contributed by atoms with Gasteiger partial charge in [0.2, 0.25) is 0 Å². The number of rotatable bonds is 8. The zero-order chi connectivity index (χ0) is 14.2. The topological polar surface area (TPSA) is 60.4 Å². The van der Waals surface area contributed by atoms with Crippen LogP contribution in [0, 0.1) is 0 Å². The monoisotopic (exact) mass is 274 g/mol. The van der Waals surface area contributed by atoms with E-state index in [1.807, 2.05) is 24.3 Å². The molecule has 108 valence electrons. The van der Waals surface area contributed by atoms with Gasteiger partial charge < -0.3 is 9.15 Å². The van der Waals surface area contributed by atoms with Crippen molar-refractivity contribution in [2.24, 2.45) is 5.84 Å². The molecule has 1 unspecified atom stereocenters. The van der Waals surface area contributed by atoms with Gasteiger partial charge in [-0.25, -0.2) is 0 Å². The zero-order valence-corrected chi connectivity index (χ0v) is 11.8. The summed E-state index contributed by atoms with van der Waals surface area (Å²) in [5, 5.41) is 0. The second kappa shape index (κ2) is 7.72. The van der Waals surface area contributed by atoms with Gasteiger partial charge >= 0.3 is 0 Å². The van der Waals surface area contributed by atoms with E-state index in [9.17, 15) is 0 Å². The van der Waals surface area contributed by atoms with Gasteiger partial charge in [0.05, 0.1) is 12.9 Å². The third kappa shape index (κ3) is 4.11. The molecule has 0 saturated heterocycles. The van der Waals surface area contributed by atoms with E-state index in [2.05, 4.69) is 24.5 Å². The number of hydrogen-bond donors (Lipinski definition) is 2. The molecule has 0 bridgehead atoms. The Hall–Kier alpha value is -1.78. The summed E-state index contributed by atoms with van der Waals surface area (Å²) in [6.45, 7) is 2.84. The van der Waals surface area contributed by atoms with Crippen molar-refractivity contribution in [3.8, 4) is 5.75 Å². The molecule has 2 rings (SSSR count). The van der Waals surface area contributed by atoms with E-state index in [-0.39, 0.29) is 6.04 Å². The summed E-state index contributed by atoms with van der Waals surface area (Å²) in [7, 11) is 0. The fourth-order valence-corrected chi connectivity index (χ4v) is 2.10. The van der Waals surface area contributed by atoms with Crippen molar-refractivity contribution in [1.82, 2.24) is 5.43 Å². The first-order valence-electron chi connectivity index (χ1n) is 7.04. The molecular weight excluding hydrogens is 252 g/mol. The van der Waals surface area contributed by atoms with E-state index >= 15 is 0 Å². The summed E-state index contributed by atoms with van der Waals surface area (Å²) >= 11 is 0. The summed E-state index contributed by atoms with van der Waals surface area (Å²) in [5.41, 5.74) is 4.02. The summed E-state index contributed by atoms with van der Waals surface area (Å²) in [5.74, 6) is 7.53. The number of aryl methyl sites for hydroxylation is 1. The van der Waals surface area contributed by atoms with Crippen molar-refractivity contribution in [2.45, 2.75) is 32.2 Å². The standard InChI is InChI=1S/C16H22N2O2/c1-2-11-19-15-7-5-13(6-8-15)16(18-17)10-9-14-4-3-12-20-14/h3-8,12,16,18H,2,9-11,17H2,1H3. The van der Waals surface area contributed by atoms with Crippen LogP contribution in [-0.2, 0) is 6.42 Å². The largest absolute Gasteiger partial charge is 0.494 e. The maximum Gasteiger partial charge on any atom is 0.119 e. The first-order valence-corrected chi connectivity index (χ1v) is 7.04. The Kier molecular flexibility index (Phi) is 5.65. The van der Waals surface area contributed by atoms with Gasteiger partial charge in [0.15, 0.2) is 0 Å². The quantitative estimate of drug-likeness (QED) is 0.573. The molecule has 0 aliphatic carbocycles. The second-order valence-corrected chi connectivity index (χ2v) is 4.75. The van der Waals surface area contributed by atoms with E-state index in [4.69, 9.17) is 15.0 Å². The molecule has 0 aliphatic heterocycles. The summed E-state index contributed by atoms with van der Waals surface area (Å²) in [6, 6.07) is 12.1. The van der Waals surface area contributed by atoms with Crippen LogP contribution in [0.25, 0.3) is 0 Å². The van der Waals surface area contributed by atoms with E-state index in [0.29, 0.717) is 0 Å². The van der Waals surface area contributed by atoms with Gasteiger partial charge in [-0.05, 0) is 42.7 Å². The van der Waals surface area contributed by atoms with Crippen LogP contribution in [0.5, 0.6) is 5.75 Å². The minimum Gasteiger partial charge on any atom is -0.494 e. The Labute approximate surface area is 119 Å². The van der Waals surface area contributed by atoms with Crippen LogP contribution < -0.4 is 16.0 Å². The third-order valence-corrected chi connectivity index (χ3v) is 3.22. The van der Waals surface area contributed by atoms with Crippen molar-refractivity contribution >= 4 is 0 Å².